The lowest BCUT2D eigenvalue weighted by Gasteiger charge is -2.11. The summed E-state index contributed by atoms with van der Waals surface area (Å²) in [7, 11) is 0. The molecule has 5 nitrogen and oxygen atoms in total. The van der Waals surface area contributed by atoms with Crippen molar-refractivity contribution in [2.45, 2.75) is 26.2 Å². The summed E-state index contributed by atoms with van der Waals surface area (Å²) in [6.07, 6.45) is 2.84. The third-order valence-electron chi connectivity index (χ3n) is 3.71. The molecule has 3 N–H and O–H groups in total. The fraction of sp³-hybridized carbons (Fsp3) is 0.467. The lowest BCUT2D eigenvalue weighted by atomic mass is 10.0. The second kappa shape index (κ2) is 5.94. The van der Waals surface area contributed by atoms with Crippen molar-refractivity contribution in [1.29, 1.82) is 0 Å². The number of hydrogen-bond donors (Lipinski definition) is 3. The molecular formula is C15H20N2O3. The van der Waals surface area contributed by atoms with Crippen LogP contribution in [0.5, 0.6) is 0 Å². The van der Waals surface area contributed by atoms with E-state index in [4.69, 9.17) is 5.11 Å². The van der Waals surface area contributed by atoms with Crippen LogP contribution in [0.2, 0.25) is 0 Å². The number of rotatable bonds is 6. The molecule has 1 aliphatic carbocycles. The number of nitrogens with one attached hydrogen (secondary N) is 2. The Balaban J connectivity index is 1.75. The van der Waals surface area contributed by atoms with Crippen molar-refractivity contribution in [2.24, 2.45) is 5.41 Å². The van der Waals surface area contributed by atoms with Crippen LogP contribution in [-0.2, 0) is 6.42 Å². The summed E-state index contributed by atoms with van der Waals surface area (Å²) in [5, 5.41) is 14.7. The number of hydrogen-bond acceptors (Lipinski definition) is 2. The molecule has 20 heavy (non-hydrogen) atoms. The maximum atomic E-state index is 11.6. The molecule has 0 saturated heterocycles. The first kappa shape index (κ1) is 14.4. The van der Waals surface area contributed by atoms with E-state index in [1.807, 2.05) is 0 Å². The first-order chi connectivity index (χ1) is 9.50. The van der Waals surface area contributed by atoms with Gasteiger partial charge in [0.2, 0.25) is 0 Å². The molecule has 0 atom stereocenters. The standard InChI is InChI=1S/C15H20N2O3/c1-15(7-8-15)10-17-14(20)16-9-6-11-4-2-3-5-12(11)13(18)19/h2-5H,6-10H2,1H3,(H,18,19)(H2,16,17,20). The smallest absolute Gasteiger partial charge is 0.335 e. The third kappa shape index (κ3) is 3.98. The van der Waals surface area contributed by atoms with Crippen LogP contribution in [0.25, 0.3) is 0 Å². The highest BCUT2D eigenvalue weighted by atomic mass is 16.4. The van der Waals surface area contributed by atoms with Crippen LogP contribution < -0.4 is 10.6 Å². The third-order valence-corrected chi connectivity index (χ3v) is 3.71. The summed E-state index contributed by atoms with van der Waals surface area (Å²) < 4.78 is 0. The molecule has 1 aromatic rings. The molecule has 0 heterocycles. The van der Waals surface area contributed by atoms with Crippen LogP contribution >= 0.6 is 0 Å². The Morgan fingerprint density at radius 3 is 2.60 bits per heavy atom. The predicted octanol–water partition coefficient (Wildman–Crippen LogP) is 2.03. The van der Waals surface area contributed by atoms with Gasteiger partial charge in [-0.2, -0.15) is 0 Å². The van der Waals surface area contributed by atoms with E-state index < -0.39 is 5.97 Å². The number of amides is 2. The molecule has 108 valence electrons. The molecule has 0 spiro atoms. The Morgan fingerprint density at radius 2 is 1.95 bits per heavy atom. The molecule has 2 amide bonds. The van der Waals surface area contributed by atoms with Gasteiger partial charge in [-0.1, -0.05) is 25.1 Å². The second-order valence-corrected chi connectivity index (χ2v) is 5.63. The summed E-state index contributed by atoms with van der Waals surface area (Å²) >= 11 is 0. The lowest BCUT2D eigenvalue weighted by Crippen LogP contribution is -2.39. The SMILES string of the molecule is CC1(CNC(=O)NCCc2ccccc2C(=O)O)CC1. The Bertz CT molecular complexity index is 510. The van der Waals surface area contributed by atoms with E-state index in [1.165, 1.54) is 12.8 Å². The van der Waals surface area contributed by atoms with E-state index in [0.29, 0.717) is 25.1 Å². The number of benzene rings is 1. The molecule has 0 aromatic heterocycles. The highest BCUT2D eigenvalue weighted by Gasteiger charge is 2.37. The van der Waals surface area contributed by atoms with Crippen molar-refractivity contribution in [3.8, 4) is 0 Å². The molecule has 0 bridgehead atoms. The molecule has 2 rings (SSSR count). The van der Waals surface area contributed by atoms with Crippen LogP contribution in [0, 0.1) is 5.41 Å². The number of carbonyl (C=O) groups excluding carboxylic acids is 1. The minimum absolute atomic E-state index is 0.189. The largest absolute Gasteiger partial charge is 0.478 e. The minimum Gasteiger partial charge on any atom is -0.478 e. The fourth-order valence-corrected chi connectivity index (χ4v) is 2.00. The van der Waals surface area contributed by atoms with Gasteiger partial charge in [-0.05, 0) is 36.3 Å². The zero-order chi connectivity index (χ0) is 14.6. The van der Waals surface area contributed by atoms with Gasteiger partial charge in [0.1, 0.15) is 0 Å². The molecule has 1 aromatic carbocycles. The molecule has 1 aliphatic rings. The Labute approximate surface area is 118 Å². The maximum absolute atomic E-state index is 11.6. The summed E-state index contributed by atoms with van der Waals surface area (Å²) in [4.78, 5) is 22.6. The Morgan fingerprint density at radius 1 is 1.25 bits per heavy atom. The van der Waals surface area contributed by atoms with Gasteiger partial charge in [-0.25, -0.2) is 9.59 Å². The van der Waals surface area contributed by atoms with Gasteiger partial charge in [0.05, 0.1) is 5.56 Å². The van der Waals surface area contributed by atoms with Gasteiger partial charge in [-0.15, -0.1) is 0 Å². The topological polar surface area (TPSA) is 78.4 Å². The zero-order valence-corrected chi connectivity index (χ0v) is 11.6. The average molecular weight is 276 g/mol. The molecule has 0 radical (unpaired) electrons. The highest BCUT2D eigenvalue weighted by Crippen LogP contribution is 2.43. The first-order valence-electron chi connectivity index (χ1n) is 6.83. The minimum atomic E-state index is -0.938. The van der Waals surface area contributed by atoms with Crippen molar-refractivity contribution in [2.75, 3.05) is 13.1 Å². The van der Waals surface area contributed by atoms with Gasteiger partial charge in [0.25, 0.3) is 0 Å². The monoisotopic (exact) mass is 276 g/mol. The molecule has 0 unspecified atom stereocenters. The summed E-state index contributed by atoms with van der Waals surface area (Å²) in [6.45, 7) is 3.27. The van der Waals surface area contributed by atoms with Gasteiger partial charge >= 0.3 is 12.0 Å². The number of carbonyl (C=O) groups is 2. The quantitative estimate of drug-likeness (QED) is 0.744. The molecule has 1 fully saturated rings. The number of urea groups is 1. The maximum Gasteiger partial charge on any atom is 0.335 e. The highest BCUT2D eigenvalue weighted by molar-refractivity contribution is 5.89. The van der Waals surface area contributed by atoms with Gasteiger partial charge < -0.3 is 15.7 Å². The van der Waals surface area contributed by atoms with Crippen molar-refractivity contribution < 1.29 is 14.7 Å². The average Bonchev–Trinajstić information content (AvgIpc) is 3.15. The summed E-state index contributed by atoms with van der Waals surface area (Å²) in [5.74, 6) is -0.938. The van der Waals surface area contributed by atoms with Crippen molar-refractivity contribution >= 4 is 12.0 Å². The lowest BCUT2D eigenvalue weighted by molar-refractivity contribution is 0.0695. The summed E-state index contributed by atoms with van der Waals surface area (Å²) in [5.41, 5.74) is 1.31. The van der Waals surface area contributed by atoms with Crippen LogP contribution in [-0.4, -0.2) is 30.2 Å². The normalized spacial score (nSPS) is 15.4. The van der Waals surface area contributed by atoms with Crippen LogP contribution in [0.4, 0.5) is 4.79 Å². The van der Waals surface area contributed by atoms with E-state index >= 15 is 0 Å². The van der Waals surface area contributed by atoms with E-state index in [2.05, 4.69) is 17.6 Å². The number of carboxylic acid groups (broad SMARTS) is 1. The number of carboxylic acids is 1. The van der Waals surface area contributed by atoms with Crippen molar-refractivity contribution in [1.82, 2.24) is 10.6 Å². The van der Waals surface area contributed by atoms with E-state index in [9.17, 15) is 9.59 Å². The predicted molar refractivity (Wildman–Crippen MR) is 75.8 cm³/mol. The van der Waals surface area contributed by atoms with Gasteiger partial charge in [0, 0.05) is 13.1 Å². The first-order valence-corrected chi connectivity index (χ1v) is 6.83. The second-order valence-electron chi connectivity index (χ2n) is 5.63. The van der Waals surface area contributed by atoms with E-state index in [0.717, 1.165) is 5.56 Å². The Kier molecular flexibility index (Phi) is 4.27. The molecule has 1 saturated carbocycles. The fourth-order valence-electron chi connectivity index (χ4n) is 2.00. The zero-order valence-electron chi connectivity index (χ0n) is 11.6. The van der Waals surface area contributed by atoms with Crippen LogP contribution in [0.3, 0.4) is 0 Å². The van der Waals surface area contributed by atoms with Crippen LogP contribution in [0.1, 0.15) is 35.7 Å². The molecule has 5 heteroatoms. The number of aromatic carboxylic acids is 1. The molecule has 0 aliphatic heterocycles. The Hall–Kier alpha value is -2.04. The van der Waals surface area contributed by atoms with Crippen LogP contribution in [0.15, 0.2) is 24.3 Å². The van der Waals surface area contributed by atoms with Gasteiger partial charge in [-0.3, -0.25) is 0 Å². The van der Waals surface area contributed by atoms with Crippen molar-refractivity contribution in [3.05, 3.63) is 35.4 Å². The molecular weight excluding hydrogens is 256 g/mol. The van der Waals surface area contributed by atoms with E-state index in [-0.39, 0.29) is 11.4 Å². The van der Waals surface area contributed by atoms with Gasteiger partial charge in [0.15, 0.2) is 0 Å². The van der Waals surface area contributed by atoms with Crippen molar-refractivity contribution in [3.63, 3.8) is 0 Å². The van der Waals surface area contributed by atoms with E-state index in [1.54, 1.807) is 24.3 Å². The summed E-state index contributed by atoms with van der Waals surface area (Å²) in [6, 6.07) is 6.66.